The number of carbonyl (C=O) groups excluding carboxylic acids is 1. The van der Waals surface area contributed by atoms with E-state index < -0.39 is 11.5 Å². The third kappa shape index (κ3) is 2.61. The van der Waals surface area contributed by atoms with Crippen molar-refractivity contribution < 1.29 is 9.53 Å². The molecule has 0 amide bonds. The van der Waals surface area contributed by atoms with Crippen molar-refractivity contribution in [3.8, 4) is 5.69 Å². The first-order valence-corrected chi connectivity index (χ1v) is 9.09. The van der Waals surface area contributed by atoms with Gasteiger partial charge in [-0.25, -0.2) is 9.78 Å². The van der Waals surface area contributed by atoms with E-state index in [0.717, 1.165) is 9.86 Å². The lowest BCUT2D eigenvalue weighted by Gasteiger charge is -2.17. The Balaban J connectivity index is 2.25. The van der Waals surface area contributed by atoms with Crippen LogP contribution in [-0.2, 0) is 4.74 Å². The summed E-state index contributed by atoms with van der Waals surface area (Å²) < 4.78 is 7.01. The lowest BCUT2D eigenvalue weighted by atomic mass is 10.1. The molecule has 0 aliphatic carbocycles. The number of nitrogen functional groups attached to an aromatic ring is 2. The molecule has 0 fully saturated rings. The lowest BCUT2D eigenvalue weighted by molar-refractivity contribution is 0.0600. The smallest absolute Gasteiger partial charge is 0.345 e. The highest BCUT2D eigenvalue weighted by molar-refractivity contribution is 9.10. The van der Waals surface area contributed by atoms with Crippen molar-refractivity contribution in [2.45, 2.75) is 0 Å². The van der Waals surface area contributed by atoms with Crippen LogP contribution in [0.15, 0.2) is 57.9 Å². The van der Waals surface area contributed by atoms with Crippen molar-refractivity contribution in [2.24, 2.45) is 0 Å². The fourth-order valence-corrected chi connectivity index (χ4v) is 3.68. The molecule has 0 saturated carbocycles. The maximum atomic E-state index is 13.4. The van der Waals surface area contributed by atoms with Gasteiger partial charge in [0.05, 0.1) is 24.0 Å². The van der Waals surface area contributed by atoms with Gasteiger partial charge in [-0.3, -0.25) is 9.36 Å². The number of hydrogen-bond acceptors (Lipinski definition) is 6. The Bertz CT molecular complexity index is 1330. The number of nitrogens with two attached hydrogens (primary N) is 2. The van der Waals surface area contributed by atoms with Gasteiger partial charge in [-0.2, -0.15) is 0 Å². The highest BCUT2D eigenvalue weighted by atomic mass is 79.9. The summed E-state index contributed by atoms with van der Waals surface area (Å²) in [4.78, 5) is 29.8. The molecular weight excluding hydrogens is 424 g/mol. The van der Waals surface area contributed by atoms with Crippen LogP contribution in [0.2, 0.25) is 0 Å². The first-order valence-electron chi connectivity index (χ1n) is 8.29. The number of halogens is 1. The molecule has 0 spiro atoms. The molecule has 140 valence electrons. The predicted molar refractivity (Wildman–Crippen MR) is 113 cm³/mol. The molecule has 8 heteroatoms. The molecule has 0 aliphatic heterocycles. The highest BCUT2D eigenvalue weighted by Crippen LogP contribution is 2.31. The fraction of sp³-hybridized carbons (Fsp3) is 0.0500. The van der Waals surface area contributed by atoms with Crippen molar-refractivity contribution in [1.29, 1.82) is 0 Å². The number of methoxy groups -OCH3 is 1. The van der Waals surface area contributed by atoms with Gasteiger partial charge in [-0.1, -0.05) is 28.1 Å². The molecule has 0 bridgehead atoms. The molecule has 0 unspecified atom stereocenters. The van der Waals surface area contributed by atoms with Gasteiger partial charge in [-0.05, 0) is 30.3 Å². The number of carbonyl (C=O) groups is 1. The Hall–Kier alpha value is -3.39. The van der Waals surface area contributed by atoms with Crippen LogP contribution in [0.25, 0.3) is 27.4 Å². The normalized spacial score (nSPS) is 11.1. The molecule has 4 rings (SSSR count). The lowest BCUT2D eigenvalue weighted by Crippen LogP contribution is -2.28. The monoisotopic (exact) mass is 438 g/mol. The third-order valence-electron chi connectivity index (χ3n) is 4.62. The SMILES string of the molecule is COC(=O)c1c(N)c2ccc(Br)cc2n(-c2cccc3c(N)nccc23)c1=O. The Morgan fingerprint density at radius 2 is 1.89 bits per heavy atom. The summed E-state index contributed by atoms with van der Waals surface area (Å²) in [5.41, 5.74) is 12.6. The number of aromatic nitrogens is 2. The zero-order valence-electron chi connectivity index (χ0n) is 14.8. The van der Waals surface area contributed by atoms with Gasteiger partial charge in [0.15, 0.2) is 0 Å². The molecule has 0 aliphatic rings. The first-order chi connectivity index (χ1) is 13.4. The maximum Gasteiger partial charge on any atom is 0.345 e. The van der Waals surface area contributed by atoms with Crippen LogP contribution in [0.3, 0.4) is 0 Å². The Labute approximate surface area is 167 Å². The summed E-state index contributed by atoms with van der Waals surface area (Å²) in [6.45, 7) is 0. The topological polar surface area (TPSA) is 113 Å². The minimum absolute atomic E-state index is 0.0806. The number of pyridine rings is 2. The zero-order valence-corrected chi connectivity index (χ0v) is 16.4. The predicted octanol–water partition coefficient (Wildman–Crippen LogP) is 3.25. The van der Waals surface area contributed by atoms with E-state index >= 15 is 0 Å². The van der Waals surface area contributed by atoms with E-state index in [1.54, 1.807) is 42.6 Å². The molecule has 2 aromatic heterocycles. The van der Waals surface area contributed by atoms with Gasteiger partial charge in [0, 0.05) is 26.8 Å². The molecule has 0 atom stereocenters. The van der Waals surface area contributed by atoms with E-state index in [1.807, 2.05) is 6.07 Å². The standard InChI is InChI=1S/C20H15BrN4O3/c1-28-20(27)16-17(22)13-6-5-10(21)9-15(13)25(19(16)26)14-4-2-3-12-11(14)7-8-24-18(12)23/h2-9H,22H2,1H3,(H2,23,24). The van der Waals surface area contributed by atoms with Crippen molar-refractivity contribution in [3.05, 3.63) is 69.1 Å². The first kappa shape index (κ1) is 18.0. The number of anilines is 2. The molecule has 4 N–H and O–H groups in total. The van der Waals surface area contributed by atoms with Gasteiger partial charge in [0.2, 0.25) is 0 Å². The largest absolute Gasteiger partial charge is 0.465 e. The van der Waals surface area contributed by atoms with Gasteiger partial charge in [-0.15, -0.1) is 0 Å². The highest BCUT2D eigenvalue weighted by Gasteiger charge is 2.23. The van der Waals surface area contributed by atoms with Crippen LogP contribution in [0, 0.1) is 0 Å². The number of esters is 1. The zero-order chi connectivity index (χ0) is 20.0. The third-order valence-corrected chi connectivity index (χ3v) is 5.11. The number of rotatable bonds is 2. The molecule has 2 heterocycles. The second-order valence-electron chi connectivity index (χ2n) is 6.15. The quantitative estimate of drug-likeness (QED) is 0.464. The summed E-state index contributed by atoms with van der Waals surface area (Å²) in [7, 11) is 1.21. The Kier molecular flexibility index (Phi) is 4.27. The van der Waals surface area contributed by atoms with E-state index in [1.165, 1.54) is 11.7 Å². The number of benzene rings is 2. The average molecular weight is 439 g/mol. The molecule has 0 radical (unpaired) electrons. The van der Waals surface area contributed by atoms with E-state index in [0.29, 0.717) is 27.8 Å². The Morgan fingerprint density at radius 3 is 2.64 bits per heavy atom. The van der Waals surface area contributed by atoms with E-state index in [4.69, 9.17) is 16.2 Å². The van der Waals surface area contributed by atoms with Crippen molar-refractivity contribution in [2.75, 3.05) is 18.6 Å². The molecule has 28 heavy (non-hydrogen) atoms. The molecule has 4 aromatic rings. The summed E-state index contributed by atoms with van der Waals surface area (Å²) in [5.74, 6) is -0.441. The minimum atomic E-state index is -0.789. The number of ether oxygens (including phenoxy) is 1. The molecule has 2 aromatic carbocycles. The van der Waals surface area contributed by atoms with Crippen LogP contribution >= 0.6 is 15.9 Å². The van der Waals surface area contributed by atoms with Crippen LogP contribution in [0.4, 0.5) is 11.5 Å². The second kappa shape index (κ2) is 6.65. The van der Waals surface area contributed by atoms with Crippen LogP contribution in [-0.4, -0.2) is 22.6 Å². The van der Waals surface area contributed by atoms with E-state index in [-0.39, 0.29) is 11.3 Å². The number of fused-ring (bicyclic) bond motifs is 2. The Morgan fingerprint density at radius 1 is 1.11 bits per heavy atom. The van der Waals surface area contributed by atoms with Gasteiger partial charge >= 0.3 is 5.97 Å². The summed E-state index contributed by atoms with van der Waals surface area (Å²) in [6, 6.07) is 12.5. The van der Waals surface area contributed by atoms with Crippen LogP contribution < -0.4 is 17.0 Å². The van der Waals surface area contributed by atoms with Gasteiger partial charge in [0.1, 0.15) is 11.4 Å². The molecular formula is C20H15BrN4O3. The van der Waals surface area contributed by atoms with Crippen LogP contribution in [0.5, 0.6) is 0 Å². The summed E-state index contributed by atoms with van der Waals surface area (Å²) in [5, 5.41) is 1.98. The fourth-order valence-electron chi connectivity index (χ4n) is 3.34. The van der Waals surface area contributed by atoms with Crippen LogP contribution in [0.1, 0.15) is 10.4 Å². The maximum absolute atomic E-state index is 13.4. The van der Waals surface area contributed by atoms with E-state index in [9.17, 15) is 9.59 Å². The molecule has 0 saturated heterocycles. The average Bonchev–Trinajstić information content (AvgIpc) is 2.68. The molecule has 7 nitrogen and oxygen atoms in total. The van der Waals surface area contributed by atoms with Gasteiger partial charge < -0.3 is 16.2 Å². The number of nitrogens with zero attached hydrogens (tertiary/aromatic N) is 2. The van der Waals surface area contributed by atoms with Crippen molar-refractivity contribution >= 4 is 55.1 Å². The van der Waals surface area contributed by atoms with Crippen molar-refractivity contribution in [3.63, 3.8) is 0 Å². The number of hydrogen-bond donors (Lipinski definition) is 2. The summed E-state index contributed by atoms with van der Waals surface area (Å²) in [6.07, 6.45) is 1.57. The summed E-state index contributed by atoms with van der Waals surface area (Å²) >= 11 is 3.43. The van der Waals surface area contributed by atoms with E-state index in [2.05, 4.69) is 20.9 Å². The van der Waals surface area contributed by atoms with Crippen molar-refractivity contribution in [1.82, 2.24) is 9.55 Å². The minimum Gasteiger partial charge on any atom is -0.465 e. The second-order valence-corrected chi connectivity index (χ2v) is 7.07. The van der Waals surface area contributed by atoms with Gasteiger partial charge in [0.25, 0.3) is 5.56 Å².